The van der Waals surface area contributed by atoms with Gasteiger partial charge in [0, 0.05) is 20.5 Å². The minimum absolute atomic E-state index is 0.278. The molecule has 1 atom stereocenters. The first-order valence-corrected chi connectivity index (χ1v) is 10.2. The van der Waals surface area contributed by atoms with Gasteiger partial charge in [-0.1, -0.05) is 59.6 Å². The summed E-state index contributed by atoms with van der Waals surface area (Å²) in [5.41, 5.74) is 1.65. The number of rotatable bonds is 7. The number of carbonyl (C=O) groups excluding carboxylic acids is 1. The number of esters is 1. The Morgan fingerprint density at radius 2 is 1.57 bits per heavy atom. The van der Waals surface area contributed by atoms with Crippen LogP contribution in [0.4, 0.5) is 0 Å². The van der Waals surface area contributed by atoms with Crippen LogP contribution in [0.25, 0.3) is 0 Å². The number of halogens is 2. The van der Waals surface area contributed by atoms with Crippen LogP contribution in [0, 0.1) is 0 Å². The molecule has 0 radical (unpaired) electrons. The summed E-state index contributed by atoms with van der Waals surface area (Å²) in [6.07, 6.45) is 0. The van der Waals surface area contributed by atoms with Crippen molar-refractivity contribution < 1.29 is 14.3 Å². The maximum atomic E-state index is 12.2. The van der Waals surface area contributed by atoms with Gasteiger partial charge in [-0.3, -0.25) is 4.79 Å². The van der Waals surface area contributed by atoms with Gasteiger partial charge >= 0.3 is 5.97 Å². The van der Waals surface area contributed by atoms with Crippen molar-refractivity contribution in [2.45, 2.75) is 16.8 Å². The highest BCUT2D eigenvalue weighted by molar-refractivity contribution is 8.00. The number of benzene rings is 3. The van der Waals surface area contributed by atoms with Crippen LogP contribution in [-0.2, 0) is 16.1 Å². The summed E-state index contributed by atoms with van der Waals surface area (Å²) in [6, 6.07) is 22.4. The van der Waals surface area contributed by atoms with Gasteiger partial charge in [-0.15, -0.1) is 11.8 Å². The molecule has 0 heterocycles. The summed E-state index contributed by atoms with van der Waals surface area (Å²) in [7, 11) is 1.40. The second-order valence-corrected chi connectivity index (χ2v) is 7.88. The SMILES string of the molecule is COC(=O)C(Sc1ccc(OCc2c(Cl)cccc2Cl)cc1)c1ccccc1. The Bertz CT molecular complexity index is 910. The summed E-state index contributed by atoms with van der Waals surface area (Å²) in [5.74, 6) is 0.402. The van der Waals surface area contributed by atoms with E-state index in [9.17, 15) is 4.79 Å². The molecule has 6 heteroatoms. The Hall–Kier alpha value is -2.14. The Labute approximate surface area is 178 Å². The van der Waals surface area contributed by atoms with Crippen molar-refractivity contribution >= 4 is 40.9 Å². The number of hydrogen-bond acceptors (Lipinski definition) is 4. The van der Waals surface area contributed by atoms with E-state index in [0.717, 1.165) is 16.0 Å². The molecular formula is C22H18Cl2O3S. The zero-order chi connectivity index (χ0) is 19.9. The smallest absolute Gasteiger partial charge is 0.323 e. The molecule has 0 saturated carbocycles. The molecule has 0 aliphatic heterocycles. The molecule has 0 N–H and O–H groups in total. The summed E-state index contributed by atoms with van der Waals surface area (Å²) >= 11 is 13.8. The van der Waals surface area contributed by atoms with Gasteiger partial charge in [-0.05, 0) is 42.0 Å². The van der Waals surface area contributed by atoms with Crippen molar-refractivity contribution in [1.29, 1.82) is 0 Å². The molecule has 0 spiro atoms. The van der Waals surface area contributed by atoms with Crippen molar-refractivity contribution in [3.8, 4) is 5.75 Å². The molecule has 3 nitrogen and oxygen atoms in total. The molecule has 28 heavy (non-hydrogen) atoms. The van der Waals surface area contributed by atoms with E-state index in [1.54, 1.807) is 18.2 Å². The molecular weight excluding hydrogens is 415 g/mol. The lowest BCUT2D eigenvalue weighted by Gasteiger charge is -2.15. The van der Waals surface area contributed by atoms with Gasteiger partial charge in [0.1, 0.15) is 17.6 Å². The zero-order valence-electron chi connectivity index (χ0n) is 15.1. The maximum absolute atomic E-state index is 12.2. The first kappa shape index (κ1) is 20.6. The average Bonchev–Trinajstić information content (AvgIpc) is 2.72. The summed E-state index contributed by atoms with van der Waals surface area (Å²) in [4.78, 5) is 13.1. The number of hydrogen-bond donors (Lipinski definition) is 0. The van der Waals surface area contributed by atoms with Crippen LogP contribution in [0.15, 0.2) is 77.7 Å². The van der Waals surface area contributed by atoms with Crippen molar-refractivity contribution in [2.24, 2.45) is 0 Å². The second kappa shape index (κ2) is 9.87. The second-order valence-electron chi connectivity index (χ2n) is 5.89. The van der Waals surface area contributed by atoms with Crippen LogP contribution < -0.4 is 4.74 Å². The van der Waals surface area contributed by atoms with Crippen molar-refractivity contribution in [3.05, 3.63) is 94.0 Å². The predicted octanol–water partition coefficient (Wildman–Crippen LogP) is 6.58. The molecule has 0 bridgehead atoms. The van der Waals surface area contributed by atoms with E-state index >= 15 is 0 Å². The van der Waals surface area contributed by atoms with Gasteiger partial charge in [0.05, 0.1) is 7.11 Å². The monoisotopic (exact) mass is 432 g/mol. The normalized spacial score (nSPS) is 11.7. The van der Waals surface area contributed by atoms with Gasteiger partial charge in [0.15, 0.2) is 0 Å². The lowest BCUT2D eigenvalue weighted by atomic mass is 10.1. The molecule has 1 unspecified atom stereocenters. The molecule has 0 aromatic heterocycles. The molecule has 0 fully saturated rings. The first-order chi connectivity index (χ1) is 13.6. The Morgan fingerprint density at radius 3 is 2.18 bits per heavy atom. The van der Waals surface area contributed by atoms with E-state index in [1.807, 2.05) is 54.6 Å². The Kier molecular flexibility index (Phi) is 7.26. The third kappa shape index (κ3) is 5.22. The third-order valence-electron chi connectivity index (χ3n) is 4.04. The highest BCUT2D eigenvalue weighted by Gasteiger charge is 2.22. The van der Waals surface area contributed by atoms with Gasteiger partial charge in [-0.25, -0.2) is 0 Å². The molecule has 144 valence electrons. The van der Waals surface area contributed by atoms with Crippen LogP contribution in [-0.4, -0.2) is 13.1 Å². The number of methoxy groups -OCH3 is 1. The van der Waals surface area contributed by atoms with Gasteiger partial charge in [-0.2, -0.15) is 0 Å². The standard InChI is InChI=1S/C22H18Cl2O3S/c1-26-22(25)21(15-6-3-2-4-7-15)28-17-12-10-16(11-13-17)27-14-18-19(23)8-5-9-20(18)24/h2-13,21H,14H2,1H3. The average molecular weight is 433 g/mol. The van der Waals surface area contributed by atoms with Crippen molar-refractivity contribution in [1.82, 2.24) is 0 Å². The topological polar surface area (TPSA) is 35.5 Å². The first-order valence-electron chi connectivity index (χ1n) is 8.53. The van der Waals surface area contributed by atoms with Crippen LogP contribution in [0.2, 0.25) is 10.0 Å². The zero-order valence-corrected chi connectivity index (χ0v) is 17.4. The summed E-state index contributed by atoms with van der Waals surface area (Å²) in [5, 5.41) is 0.715. The van der Waals surface area contributed by atoms with Gasteiger partial charge in [0.25, 0.3) is 0 Å². The van der Waals surface area contributed by atoms with Crippen LogP contribution in [0.3, 0.4) is 0 Å². The van der Waals surface area contributed by atoms with E-state index in [-0.39, 0.29) is 12.6 Å². The Morgan fingerprint density at radius 1 is 0.929 bits per heavy atom. The maximum Gasteiger partial charge on any atom is 0.323 e. The third-order valence-corrected chi connectivity index (χ3v) is 5.99. The highest BCUT2D eigenvalue weighted by Crippen LogP contribution is 2.37. The van der Waals surface area contributed by atoms with E-state index in [2.05, 4.69) is 0 Å². The molecule has 0 aliphatic carbocycles. The van der Waals surface area contributed by atoms with Crippen LogP contribution in [0.5, 0.6) is 5.75 Å². The van der Waals surface area contributed by atoms with Gasteiger partial charge in [0.2, 0.25) is 0 Å². The largest absolute Gasteiger partial charge is 0.489 e. The van der Waals surface area contributed by atoms with Gasteiger partial charge < -0.3 is 9.47 Å². The fraction of sp³-hybridized carbons (Fsp3) is 0.136. The minimum Gasteiger partial charge on any atom is -0.489 e. The van der Waals surface area contributed by atoms with E-state index in [1.165, 1.54) is 18.9 Å². The molecule has 0 amide bonds. The van der Waals surface area contributed by atoms with E-state index in [4.69, 9.17) is 32.7 Å². The summed E-state index contributed by atoms with van der Waals surface area (Å²) in [6.45, 7) is 0.278. The number of thioether (sulfide) groups is 1. The molecule has 3 rings (SSSR count). The molecule has 0 aliphatic rings. The minimum atomic E-state index is -0.431. The summed E-state index contributed by atoms with van der Waals surface area (Å²) < 4.78 is 10.8. The van der Waals surface area contributed by atoms with Crippen molar-refractivity contribution in [3.63, 3.8) is 0 Å². The molecule has 3 aromatic carbocycles. The number of ether oxygens (including phenoxy) is 2. The van der Waals surface area contributed by atoms with Crippen LogP contribution in [0.1, 0.15) is 16.4 Å². The van der Waals surface area contributed by atoms with Crippen LogP contribution >= 0.6 is 35.0 Å². The van der Waals surface area contributed by atoms with E-state index < -0.39 is 5.25 Å². The molecule has 0 saturated heterocycles. The predicted molar refractivity (Wildman–Crippen MR) is 114 cm³/mol. The molecule has 3 aromatic rings. The van der Waals surface area contributed by atoms with Crippen molar-refractivity contribution in [2.75, 3.05) is 7.11 Å². The lowest BCUT2D eigenvalue weighted by Crippen LogP contribution is -2.11. The number of carbonyl (C=O) groups is 1. The highest BCUT2D eigenvalue weighted by atomic mass is 35.5. The van der Waals surface area contributed by atoms with E-state index in [0.29, 0.717) is 15.8 Å². The fourth-order valence-corrected chi connectivity index (χ4v) is 4.12. The quantitative estimate of drug-likeness (QED) is 0.312. The Balaban J connectivity index is 1.68. The fourth-order valence-electron chi connectivity index (χ4n) is 2.56. The lowest BCUT2D eigenvalue weighted by molar-refractivity contribution is -0.140.